The van der Waals surface area contributed by atoms with E-state index in [1.165, 1.54) is 18.3 Å². The standard InChI is InChI=1S/C22H19BFN5O2/c1-29(2)20(25)13-3-5-14(6-4-13)21(30)27-18-9-8-16(24)11-17(18)22(31)28-19-10-7-15(23)12-26-19/h3-12,25H,1-2H3,(H,27,30)(H,26,28,31). The van der Waals surface area contributed by atoms with Gasteiger partial charge in [-0.2, -0.15) is 0 Å². The zero-order valence-corrected chi connectivity index (χ0v) is 16.9. The van der Waals surface area contributed by atoms with Crippen LogP contribution >= 0.6 is 0 Å². The Labute approximate surface area is 180 Å². The highest BCUT2D eigenvalue weighted by Crippen LogP contribution is 2.20. The molecule has 2 amide bonds. The lowest BCUT2D eigenvalue weighted by Gasteiger charge is -2.14. The molecule has 2 aromatic carbocycles. The summed E-state index contributed by atoms with van der Waals surface area (Å²) in [5.41, 5.74) is 1.50. The molecule has 1 aromatic heterocycles. The van der Waals surface area contributed by atoms with Gasteiger partial charge in [-0.05, 0) is 36.4 Å². The minimum Gasteiger partial charge on any atom is -0.363 e. The number of carbonyl (C=O) groups is 2. The van der Waals surface area contributed by atoms with Gasteiger partial charge in [-0.15, -0.1) is 0 Å². The first-order valence-corrected chi connectivity index (χ1v) is 9.24. The Kier molecular flexibility index (Phi) is 6.45. The SMILES string of the molecule is [B]c1ccc(NC(=O)c2cc(F)ccc2NC(=O)c2ccc(C(=N)N(C)C)cc2)nc1. The highest BCUT2D eigenvalue weighted by atomic mass is 19.1. The van der Waals surface area contributed by atoms with E-state index in [1.54, 1.807) is 49.3 Å². The quantitative estimate of drug-likeness (QED) is 0.339. The van der Waals surface area contributed by atoms with Crippen LogP contribution in [0.15, 0.2) is 60.8 Å². The Morgan fingerprint density at radius 2 is 1.65 bits per heavy atom. The fourth-order valence-corrected chi connectivity index (χ4v) is 2.71. The van der Waals surface area contributed by atoms with Gasteiger partial charge in [0.15, 0.2) is 0 Å². The van der Waals surface area contributed by atoms with Crippen molar-refractivity contribution < 1.29 is 14.0 Å². The maximum Gasteiger partial charge on any atom is 0.259 e. The molecule has 0 saturated carbocycles. The van der Waals surface area contributed by atoms with Gasteiger partial charge in [-0.1, -0.05) is 23.7 Å². The van der Waals surface area contributed by atoms with Crippen molar-refractivity contribution in [3.05, 3.63) is 83.3 Å². The number of hydrogen-bond acceptors (Lipinski definition) is 4. The summed E-state index contributed by atoms with van der Waals surface area (Å²) in [6, 6.07) is 13.0. The van der Waals surface area contributed by atoms with Crippen molar-refractivity contribution in [2.45, 2.75) is 0 Å². The Bertz CT molecular complexity index is 1130. The number of anilines is 2. The molecule has 0 aliphatic carbocycles. The second-order valence-corrected chi connectivity index (χ2v) is 6.90. The monoisotopic (exact) mass is 415 g/mol. The van der Waals surface area contributed by atoms with E-state index < -0.39 is 17.6 Å². The molecule has 0 bridgehead atoms. The first-order chi connectivity index (χ1) is 14.7. The molecule has 0 saturated heterocycles. The summed E-state index contributed by atoms with van der Waals surface area (Å²) in [6.45, 7) is 0. The molecule has 0 atom stereocenters. The normalized spacial score (nSPS) is 10.3. The highest BCUT2D eigenvalue weighted by molar-refractivity contribution is 6.32. The fourth-order valence-electron chi connectivity index (χ4n) is 2.71. The molecule has 3 rings (SSSR count). The highest BCUT2D eigenvalue weighted by Gasteiger charge is 2.17. The summed E-state index contributed by atoms with van der Waals surface area (Å²) < 4.78 is 13.8. The molecule has 2 radical (unpaired) electrons. The van der Waals surface area contributed by atoms with Crippen molar-refractivity contribution in [2.24, 2.45) is 0 Å². The summed E-state index contributed by atoms with van der Waals surface area (Å²) in [4.78, 5) is 30.9. The average molecular weight is 415 g/mol. The fraction of sp³-hybridized carbons (Fsp3) is 0.0909. The van der Waals surface area contributed by atoms with Crippen molar-refractivity contribution >= 4 is 42.5 Å². The molecule has 0 spiro atoms. The molecule has 0 aliphatic heterocycles. The van der Waals surface area contributed by atoms with E-state index in [0.717, 1.165) is 12.1 Å². The van der Waals surface area contributed by atoms with E-state index in [9.17, 15) is 14.0 Å². The third-order valence-electron chi connectivity index (χ3n) is 4.37. The van der Waals surface area contributed by atoms with E-state index in [4.69, 9.17) is 13.3 Å². The van der Waals surface area contributed by atoms with Crippen molar-refractivity contribution in [2.75, 3.05) is 24.7 Å². The minimum atomic E-state index is -0.637. The average Bonchev–Trinajstić information content (AvgIpc) is 2.76. The summed E-state index contributed by atoms with van der Waals surface area (Å²) in [5, 5.41) is 13.1. The number of amidine groups is 1. The first kappa shape index (κ1) is 21.7. The van der Waals surface area contributed by atoms with Gasteiger partial charge in [0.25, 0.3) is 11.8 Å². The molecule has 154 valence electrons. The minimum absolute atomic E-state index is 0.0574. The smallest absolute Gasteiger partial charge is 0.259 e. The summed E-state index contributed by atoms with van der Waals surface area (Å²) in [7, 11) is 9.08. The lowest BCUT2D eigenvalue weighted by molar-refractivity contribution is 0.102. The summed E-state index contributed by atoms with van der Waals surface area (Å²) in [5.74, 6) is -1.20. The van der Waals surface area contributed by atoms with Crippen LogP contribution in [0.3, 0.4) is 0 Å². The molecule has 0 unspecified atom stereocenters. The van der Waals surface area contributed by atoms with Crippen LogP contribution in [-0.2, 0) is 0 Å². The number of hydrogen-bond donors (Lipinski definition) is 3. The molecule has 3 N–H and O–H groups in total. The van der Waals surface area contributed by atoms with Crippen LogP contribution in [0.2, 0.25) is 0 Å². The third kappa shape index (κ3) is 5.33. The number of carbonyl (C=O) groups excluding carboxylic acids is 2. The van der Waals surface area contributed by atoms with Gasteiger partial charge in [-0.3, -0.25) is 15.0 Å². The van der Waals surface area contributed by atoms with Gasteiger partial charge < -0.3 is 15.5 Å². The van der Waals surface area contributed by atoms with E-state index in [2.05, 4.69) is 15.6 Å². The molecule has 0 aliphatic rings. The maximum absolute atomic E-state index is 13.8. The molecule has 0 fully saturated rings. The van der Waals surface area contributed by atoms with Crippen molar-refractivity contribution in [1.82, 2.24) is 9.88 Å². The van der Waals surface area contributed by atoms with Gasteiger partial charge in [0.2, 0.25) is 0 Å². The maximum atomic E-state index is 13.8. The number of amides is 2. The van der Waals surface area contributed by atoms with Gasteiger partial charge in [0, 0.05) is 31.4 Å². The van der Waals surface area contributed by atoms with Crippen LogP contribution in [0.1, 0.15) is 26.3 Å². The van der Waals surface area contributed by atoms with Crippen LogP contribution in [0.4, 0.5) is 15.9 Å². The first-order valence-electron chi connectivity index (χ1n) is 9.24. The summed E-state index contributed by atoms with van der Waals surface area (Å²) in [6.07, 6.45) is 1.38. The van der Waals surface area contributed by atoms with Gasteiger partial charge in [0.1, 0.15) is 25.3 Å². The lowest BCUT2D eigenvalue weighted by Crippen LogP contribution is -2.22. The predicted octanol–water partition coefficient (Wildman–Crippen LogP) is 2.41. The van der Waals surface area contributed by atoms with Crippen molar-refractivity contribution in [3.8, 4) is 0 Å². The molecule has 3 aromatic rings. The Hall–Kier alpha value is -4.01. The van der Waals surface area contributed by atoms with Crippen molar-refractivity contribution in [3.63, 3.8) is 0 Å². The lowest BCUT2D eigenvalue weighted by atomic mass is 9.99. The van der Waals surface area contributed by atoms with Crippen LogP contribution in [0.25, 0.3) is 0 Å². The second-order valence-electron chi connectivity index (χ2n) is 6.90. The number of nitrogens with one attached hydrogen (secondary N) is 3. The van der Waals surface area contributed by atoms with Crippen LogP contribution in [0.5, 0.6) is 0 Å². The van der Waals surface area contributed by atoms with Gasteiger partial charge in [0.05, 0.1) is 11.3 Å². The third-order valence-corrected chi connectivity index (χ3v) is 4.37. The van der Waals surface area contributed by atoms with Crippen molar-refractivity contribution in [1.29, 1.82) is 5.41 Å². The van der Waals surface area contributed by atoms with E-state index in [-0.39, 0.29) is 17.1 Å². The number of halogens is 1. The van der Waals surface area contributed by atoms with E-state index >= 15 is 0 Å². The molecular weight excluding hydrogens is 396 g/mol. The van der Waals surface area contributed by atoms with Crippen LogP contribution < -0.4 is 16.1 Å². The number of nitrogens with zero attached hydrogens (tertiary/aromatic N) is 2. The second kappa shape index (κ2) is 9.21. The molecule has 7 nitrogen and oxygen atoms in total. The number of benzene rings is 2. The Balaban J connectivity index is 1.80. The zero-order valence-electron chi connectivity index (χ0n) is 16.9. The number of rotatable bonds is 5. The summed E-state index contributed by atoms with van der Waals surface area (Å²) >= 11 is 0. The zero-order chi connectivity index (χ0) is 22.5. The largest absolute Gasteiger partial charge is 0.363 e. The Morgan fingerprint density at radius 3 is 2.26 bits per heavy atom. The molecule has 31 heavy (non-hydrogen) atoms. The number of aromatic nitrogens is 1. The van der Waals surface area contributed by atoms with E-state index in [0.29, 0.717) is 22.4 Å². The van der Waals surface area contributed by atoms with Gasteiger partial charge in [-0.25, -0.2) is 9.37 Å². The number of pyridine rings is 1. The molecule has 9 heteroatoms. The molecular formula is C22H19BFN5O2. The molecule has 1 heterocycles. The topological polar surface area (TPSA) is 98.2 Å². The predicted molar refractivity (Wildman–Crippen MR) is 119 cm³/mol. The van der Waals surface area contributed by atoms with Crippen LogP contribution in [0, 0.1) is 11.2 Å². The van der Waals surface area contributed by atoms with Gasteiger partial charge >= 0.3 is 0 Å². The Morgan fingerprint density at radius 1 is 0.968 bits per heavy atom. The van der Waals surface area contributed by atoms with E-state index in [1.807, 2.05) is 0 Å². The van der Waals surface area contributed by atoms with Crippen LogP contribution in [-0.4, -0.2) is 49.5 Å².